The Morgan fingerprint density at radius 3 is 2.51 bits per heavy atom. The van der Waals surface area contributed by atoms with Crippen molar-refractivity contribution in [2.24, 2.45) is 5.41 Å². The van der Waals surface area contributed by atoms with Crippen LogP contribution in [0.1, 0.15) is 60.6 Å². The van der Waals surface area contributed by atoms with E-state index in [1.54, 1.807) is 13.1 Å². The molecule has 7 rings (SSSR count). The molecule has 37 heavy (non-hydrogen) atoms. The van der Waals surface area contributed by atoms with E-state index >= 15 is 0 Å². The van der Waals surface area contributed by atoms with E-state index in [0.717, 1.165) is 53.9 Å². The standard InChI is InChI=1S/C29H29N5O3/c1-20(36)27-30-10-11-34(27)15-25-12-26(37-33-25)23-7-4-21(5-8-23)2-3-22-6-9-24(31-13-22)14-32-29-16-28(17-29,18-29)19-35/h4-13,20,32,35-36H,14-19H2,1H3/t20-,28?,29?/m0/s1. The van der Waals surface area contributed by atoms with E-state index in [1.807, 2.05) is 59.4 Å². The summed E-state index contributed by atoms with van der Waals surface area (Å²) in [6, 6.07) is 13.8. The van der Waals surface area contributed by atoms with Crippen molar-refractivity contribution in [1.82, 2.24) is 25.0 Å². The van der Waals surface area contributed by atoms with E-state index in [-0.39, 0.29) is 11.0 Å². The first kappa shape index (κ1) is 23.6. The van der Waals surface area contributed by atoms with Crippen molar-refractivity contribution in [3.8, 4) is 23.2 Å². The molecule has 3 saturated carbocycles. The molecule has 0 aliphatic heterocycles. The van der Waals surface area contributed by atoms with Gasteiger partial charge in [0.1, 0.15) is 17.6 Å². The summed E-state index contributed by atoms with van der Waals surface area (Å²) < 4.78 is 7.39. The molecule has 3 N–H and O–H groups in total. The molecule has 2 bridgehead atoms. The SMILES string of the molecule is C[C@H](O)c1nccn1Cc1cc(-c2ccc(C#Cc3ccc(CNC45CC(CO)(C4)C5)nc3)cc2)on1. The third-order valence-corrected chi connectivity index (χ3v) is 7.48. The number of aliphatic hydroxyl groups is 2. The Kier molecular flexibility index (Phi) is 5.92. The summed E-state index contributed by atoms with van der Waals surface area (Å²) in [6.45, 7) is 3.21. The topological polar surface area (TPSA) is 109 Å². The lowest BCUT2D eigenvalue weighted by Gasteiger charge is -2.70. The molecule has 0 spiro atoms. The number of hydrogen-bond donors (Lipinski definition) is 3. The highest BCUT2D eigenvalue weighted by Gasteiger charge is 2.67. The lowest BCUT2D eigenvalue weighted by molar-refractivity contribution is -0.179. The summed E-state index contributed by atoms with van der Waals surface area (Å²) in [7, 11) is 0. The molecule has 4 aromatic rings. The van der Waals surface area contributed by atoms with Crippen molar-refractivity contribution in [2.75, 3.05) is 6.61 Å². The fraction of sp³-hybridized carbons (Fsp3) is 0.345. The molecule has 0 radical (unpaired) electrons. The Morgan fingerprint density at radius 2 is 1.81 bits per heavy atom. The third kappa shape index (κ3) is 4.69. The molecular weight excluding hydrogens is 466 g/mol. The highest BCUT2D eigenvalue weighted by atomic mass is 16.5. The van der Waals surface area contributed by atoms with Crippen LogP contribution in [-0.4, -0.2) is 42.1 Å². The molecule has 1 atom stereocenters. The minimum atomic E-state index is -0.649. The molecule has 3 aromatic heterocycles. The fourth-order valence-electron chi connectivity index (χ4n) is 5.62. The van der Waals surface area contributed by atoms with Gasteiger partial charge in [0.2, 0.25) is 0 Å². The van der Waals surface area contributed by atoms with E-state index in [1.165, 1.54) is 0 Å². The molecule has 8 heteroatoms. The second kappa shape index (κ2) is 9.27. The van der Waals surface area contributed by atoms with Crippen molar-refractivity contribution in [3.63, 3.8) is 0 Å². The smallest absolute Gasteiger partial charge is 0.167 e. The summed E-state index contributed by atoms with van der Waals surface area (Å²) in [4.78, 5) is 8.74. The first-order chi connectivity index (χ1) is 17.9. The van der Waals surface area contributed by atoms with Crippen LogP contribution in [0, 0.1) is 17.3 Å². The van der Waals surface area contributed by atoms with Gasteiger partial charge >= 0.3 is 0 Å². The molecule has 0 unspecified atom stereocenters. The Morgan fingerprint density at radius 1 is 1.05 bits per heavy atom. The lowest BCUT2D eigenvalue weighted by atomic mass is 9.39. The van der Waals surface area contributed by atoms with Gasteiger partial charge in [0.25, 0.3) is 0 Å². The van der Waals surface area contributed by atoms with Crippen molar-refractivity contribution in [1.29, 1.82) is 0 Å². The van der Waals surface area contributed by atoms with Crippen LogP contribution >= 0.6 is 0 Å². The average Bonchev–Trinajstić information content (AvgIpc) is 3.53. The number of imidazole rings is 1. The first-order valence-electron chi connectivity index (χ1n) is 12.5. The lowest BCUT2D eigenvalue weighted by Crippen LogP contribution is -2.74. The number of benzene rings is 1. The first-order valence-corrected chi connectivity index (χ1v) is 12.5. The molecule has 188 valence electrons. The van der Waals surface area contributed by atoms with Crippen LogP contribution < -0.4 is 5.32 Å². The second-order valence-electron chi connectivity index (χ2n) is 10.5. The number of aromatic nitrogens is 4. The van der Waals surface area contributed by atoms with Gasteiger partial charge in [-0.3, -0.25) is 4.98 Å². The van der Waals surface area contributed by atoms with Crippen LogP contribution in [0.3, 0.4) is 0 Å². The zero-order valence-corrected chi connectivity index (χ0v) is 20.7. The van der Waals surface area contributed by atoms with E-state index in [0.29, 0.717) is 24.7 Å². The Bertz CT molecular complexity index is 1440. The van der Waals surface area contributed by atoms with Crippen LogP contribution in [0.15, 0.2) is 65.6 Å². The zero-order chi connectivity index (χ0) is 25.5. The van der Waals surface area contributed by atoms with Gasteiger partial charge in [0.05, 0.1) is 12.2 Å². The largest absolute Gasteiger partial charge is 0.396 e. The monoisotopic (exact) mass is 495 g/mol. The van der Waals surface area contributed by atoms with Crippen molar-refractivity contribution >= 4 is 0 Å². The van der Waals surface area contributed by atoms with Crippen LogP contribution in [0.5, 0.6) is 0 Å². The highest BCUT2D eigenvalue weighted by molar-refractivity contribution is 5.59. The minimum absolute atomic E-state index is 0.209. The van der Waals surface area contributed by atoms with Gasteiger partial charge in [-0.05, 0) is 68.0 Å². The number of nitrogens with zero attached hydrogens (tertiary/aromatic N) is 4. The number of nitrogens with one attached hydrogen (secondary N) is 1. The molecule has 3 aliphatic rings. The van der Waals surface area contributed by atoms with Crippen LogP contribution in [0.4, 0.5) is 0 Å². The predicted octanol–water partition coefficient (Wildman–Crippen LogP) is 3.44. The normalized spacial score (nSPS) is 22.5. The maximum atomic E-state index is 9.83. The molecule has 3 fully saturated rings. The van der Waals surface area contributed by atoms with Gasteiger partial charge in [0, 0.05) is 60.0 Å². The number of rotatable bonds is 8. The third-order valence-electron chi connectivity index (χ3n) is 7.48. The van der Waals surface area contributed by atoms with Gasteiger partial charge in [0.15, 0.2) is 5.76 Å². The van der Waals surface area contributed by atoms with Gasteiger partial charge in [-0.15, -0.1) is 0 Å². The van der Waals surface area contributed by atoms with Gasteiger partial charge < -0.3 is 24.6 Å². The maximum Gasteiger partial charge on any atom is 0.167 e. The van der Waals surface area contributed by atoms with Crippen LogP contribution in [-0.2, 0) is 13.1 Å². The van der Waals surface area contributed by atoms with Crippen LogP contribution in [0.25, 0.3) is 11.3 Å². The Hall–Kier alpha value is -3.77. The van der Waals surface area contributed by atoms with Crippen molar-refractivity contribution < 1.29 is 14.7 Å². The Labute approximate surface area is 215 Å². The van der Waals surface area contributed by atoms with E-state index in [2.05, 4.69) is 32.3 Å². The summed E-state index contributed by atoms with van der Waals surface area (Å²) in [5, 5.41) is 27.0. The van der Waals surface area contributed by atoms with E-state index < -0.39 is 6.10 Å². The minimum Gasteiger partial charge on any atom is -0.396 e. The summed E-state index contributed by atoms with van der Waals surface area (Å²) in [6.07, 6.45) is 7.87. The maximum absolute atomic E-state index is 9.83. The van der Waals surface area contributed by atoms with Crippen LogP contribution in [0.2, 0.25) is 0 Å². The van der Waals surface area contributed by atoms with Gasteiger partial charge in [-0.25, -0.2) is 4.98 Å². The molecule has 3 heterocycles. The second-order valence-corrected chi connectivity index (χ2v) is 10.5. The van der Waals surface area contributed by atoms with Crippen molar-refractivity contribution in [2.45, 2.75) is 50.9 Å². The Balaban J connectivity index is 1.04. The quantitative estimate of drug-likeness (QED) is 0.321. The van der Waals surface area contributed by atoms with E-state index in [4.69, 9.17) is 4.52 Å². The molecule has 0 amide bonds. The fourth-order valence-corrected chi connectivity index (χ4v) is 5.62. The van der Waals surface area contributed by atoms with Gasteiger partial charge in [-0.2, -0.15) is 0 Å². The van der Waals surface area contributed by atoms with Gasteiger partial charge in [-0.1, -0.05) is 17.0 Å². The summed E-state index contributed by atoms with van der Waals surface area (Å²) in [5.74, 6) is 7.64. The molecule has 0 saturated heterocycles. The average molecular weight is 496 g/mol. The van der Waals surface area contributed by atoms with E-state index in [9.17, 15) is 10.2 Å². The zero-order valence-electron chi connectivity index (χ0n) is 20.7. The molecule has 8 nitrogen and oxygen atoms in total. The summed E-state index contributed by atoms with van der Waals surface area (Å²) in [5.41, 5.74) is 4.87. The number of aliphatic hydroxyl groups excluding tert-OH is 2. The van der Waals surface area contributed by atoms with Crippen molar-refractivity contribution in [3.05, 3.63) is 89.4 Å². The molecule has 3 aliphatic carbocycles. The number of hydrogen-bond acceptors (Lipinski definition) is 7. The molecule has 1 aromatic carbocycles. The predicted molar refractivity (Wildman–Crippen MR) is 137 cm³/mol. The molecular formula is C29H29N5O3. The highest BCUT2D eigenvalue weighted by Crippen LogP contribution is 2.66. The number of pyridine rings is 1. The summed E-state index contributed by atoms with van der Waals surface area (Å²) >= 11 is 0.